The van der Waals surface area contributed by atoms with Crippen LogP contribution in [0.3, 0.4) is 0 Å². The van der Waals surface area contributed by atoms with Crippen molar-refractivity contribution in [1.29, 1.82) is 0 Å². The van der Waals surface area contributed by atoms with Crippen molar-refractivity contribution in [1.82, 2.24) is 0 Å². The number of nitrogens with zero attached hydrogens (tertiary/aromatic N) is 2. The standard InChI is InChI=1S/C10H15N5O3/c1-10(17,18)14-8-3-2-7(16)4-6(8)5-13-15-9(11)12/h2-5,14,16-18H,1H3,(H4,11,12,15)/b13-5+. The predicted octanol–water partition coefficient (Wildman–Crippen LogP) is -0.930. The molecule has 0 radical (unpaired) electrons. The molecule has 0 aliphatic carbocycles. The molecule has 0 aliphatic rings. The Morgan fingerprint density at radius 2 is 2.06 bits per heavy atom. The first-order chi connectivity index (χ1) is 8.28. The maximum atomic E-state index is 9.34. The molecule has 0 aliphatic heterocycles. The van der Waals surface area contributed by atoms with Gasteiger partial charge in [-0.25, -0.2) is 0 Å². The van der Waals surface area contributed by atoms with E-state index in [1.807, 2.05) is 0 Å². The van der Waals surface area contributed by atoms with Crippen LogP contribution in [0.2, 0.25) is 0 Å². The van der Waals surface area contributed by atoms with E-state index in [9.17, 15) is 15.3 Å². The molecule has 0 saturated carbocycles. The molecule has 0 amide bonds. The third kappa shape index (κ3) is 4.68. The lowest BCUT2D eigenvalue weighted by atomic mass is 10.1. The molecule has 0 bridgehead atoms. The monoisotopic (exact) mass is 253 g/mol. The van der Waals surface area contributed by atoms with Gasteiger partial charge >= 0.3 is 0 Å². The number of aliphatic hydroxyl groups is 2. The third-order valence-corrected chi connectivity index (χ3v) is 1.78. The lowest BCUT2D eigenvalue weighted by molar-refractivity contribution is -0.118. The van der Waals surface area contributed by atoms with E-state index in [0.717, 1.165) is 6.92 Å². The molecule has 0 unspecified atom stereocenters. The molecule has 0 saturated heterocycles. The Hall–Kier alpha value is -2.32. The number of benzene rings is 1. The van der Waals surface area contributed by atoms with Crippen molar-refractivity contribution in [2.75, 3.05) is 5.32 Å². The summed E-state index contributed by atoms with van der Waals surface area (Å²) >= 11 is 0. The zero-order valence-electron chi connectivity index (χ0n) is 9.70. The van der Waals surface area contributed by atoms with Crippen LogP contribution in [-0.2, 0) is 0 Å². The highest BCUT2D eigenvalue weighted by Crippen LogP contribution is 2.21. The van der Waals surface area contributed by atoms with E-state index in [2.05, 4.69) is 15.5 Å². The quantitative estimate of drug-likeness (QED) is 0.134. The molecular formula is C10H15N5O3. The van der Waals surface area contributed by atoms with Crippen LogP contribution < -0.4 is 16.8 Å². The number of aromatic hydroxyl groups is 1. The van der Waals surface area contributed by atoms with E-state index in [-0.39, 0.29) is 11.7 Å². The first-order valence-electron chi connectivity index (χ1n) is 4.96. The number of nitrogens with two attached hydrogens (primary N) is 2. The SMILES string of the molecule is CC(O)(O)Nc1ccc(O)cc1/C=N/N=C(N)N. The molecule has 8 N–H and O–H groups in total. The van der Waals surface area contributed by atoms with Gasteiger partial charge < -0.3 is 32.1 Å². The van der Waals surface area contributed by atoms with Gasteiger partial charge in [-0.3, -0.25) is 0 Å². The first-order valence-corrected chi connectivity index (χ1v) is 4.96. The van der Waals surface area contributed by atoms with Crippen molar-refractivity contribution < 1.29 is 15.3 Å². The lowest BCUT2D eigenvalue weighted by Crippen LogP contribution is -2.33. The van der Waals surface area contributed by atoms with Crippen molar-refractivity contribution in [2.45, 2.75) is 12.8 Å². The van der Waals surface area contributed by atoms with Gasteiger partial charge in [-0.15, -0.1) is 5.10 Å². The largest absolute Gasteiger partial charge is 0.508 e. The number of phenols is 1. The van der Waals surface area contributed by atoms with Gasteiger partial charge in [0.05, 0.1) is 6.21 Å². The molecule has 0 heterocycles. The van der Waals surface area contributed by atoms with E-state index < -0.39 is 5.91 Å². The van der Waals surface area contributed by atoms with Gasteiger partial charge in [0.15, 0.2) is 0 Å². The van der Waals surface area contributed by atoms with Gasteiger partial charge in [0.2, 0.25) is 11.9 Å². The van der Waals surface area contributed by atoms with Gasteiger partial charge in [0, 0.05) is 18.2 Å². The highest BCUT2D eigenvalue weighted by molar-refractivity contribution is 5.89. The average molecular weight is 253 g/mol. The molecule has 1 aromatic carbocycles. The number of phenolic OH excluding ortho intramolecular Hbond substituents is 1. The molecule has 8 nitrogen and oxygen atoms in total. The fourth-order valence-corrected chi connectivity index (χ4v) is 1.18. The molecule has 18 heavy (non-hydrogen) atoms. The van der Waals surface area contributed by atoms with Gasteiger partial charge in [0.25, 0.3) is 0 Å². The van der Waals surface area contributed by atoms with Gasteiger partial charge in [-0.2, -0.15) is 5.10 Å². The first kappa shape index (κ1) is 13.7. The normalized spacial score (nSPS) is 11.5. The lowest BCUT2D eigenvalue weighted by Gasteiger charge is -2.20. The number of guanidine groups is 1. The molecule has 0 fully saturated rings. The maximum absolute atomic E-state index is 9.34. The van der Waals surface area contributed by atoms with E-state index in [4.69, 9.17) is 11.5 Å². The number of hydrogen-bond acceptors (Lipinski definition) is 6. The molecule has 98 valence electrons. The minimum atomic E-state index is -2.10. The second kappa shape index (κ2) is 5.34. The van der Waals surface area contributed by atoms with Crippen LogP contribution in [0.4, 0.5) is 5.69 Å². The van der Waals surface area contributed by atoms with E-state index >= 15 is 0 Å². The topological polar surface area (TPSA) is 149 Å². The van der Waals surface area contributed by atoms with Crippen LogP contribution in [0.15, 0.2) is 28.4 Å². The Balaban J connectivity index is 3.04. The molecule has 8 heteroatoms. The second-order valence-corrected chi connectivity index (χ2v) is 3.69. The van der Waals surface area contributed by atoms with E-state index in [1.165, 1.54) is 24.4 Å². The number of hydrogen-bond donors (Lipinski definition) is 6. The molecule has 1 aromatic rings. The summed E-state index contributed by atoms with van der Waals surface area (Å²) < 4.78 is 0. The fraction of sp³-hybridized carbons (Fsp3) is 0.200. The van der Waals surface area contributed by atoms with E-state index in [0.29, 0.717) is 11.3 Å². The number of rotatable bonds is 4. The third-order valence-electron chi connectivity index (χ3n) is 1.78. The summed E-state index contributed by atoms with van der Waals surface area (Å²) in [7, 11) is 0. The average Bonchev–Trinajstić information content (AvgIpc) is 2.19. The Labute approximate surface area is 103 Å². The van der Waals surface area contributed by atoms with Crippen LogP contribution in [0, 0.1) is 0 Å². The summed E-state index contributed by atoms with van der Waals surface area (Å²) in [4.78, 5) is 0. The molecule has 1 rings (SSSR count). The Morgan fingerprint density at radius 1 is 1.39 bits per heavy atom. The minimum absolute atomic E-state index is 0.00992. The van der Waals surface area contributed by atoms with Gasteiger partial charge in [0.1, 0.15) is 5.75 Å². The summed E-state index contributed by atoms with van der Waals surface area (Å²) in [6.45, 7) is 1.15. The number of nitrogens with one attached hydrogen (secondary N) is 1. The predicted molar refractivity (Wildman–Crippen MR) is 68.0 cm³/mol. The van der Waals surface area contributed by atoms with E-state index in [1.54, 1.807) is 0 Å². The van der Waals surface area contributed by atoms with Crippen molar-refractivity contribution in [2.24, 2.45) is 21.7 Å². The highest BCUT2D eigenvalue weighted by atomic mass is 16.5. The molecule has 0 atom stereocenters. The second-order valence-electron chi connectivity index (χ2n) is 3.69. The molecule has 0 aromatic heterocycles. The van der Waals surface area contributed by atoms with Crippen LogP contribution in [0.5, 0.6) is 5.75 Å². The summed E-state index contributed by atoms with van der Waals surface area (Å²) in [5.41, 5.74) is 10.9. The maximum Gasteiger partial charge on any atom is 0.241 e. The Morgan fingerprint density at radius 3 is 2.61 bits per heavy atom. The van der Waals surface area contributed by atoms with Crippen LogP contribution in [0.1, 0.15) is 12.5 Å². The van der Waals surface area contributed by atoms with Crippen molar-refractivity contribution in [3.63, 3.8) is 0 Å². The van der Waals surface area contributed by atoms with Gasteiger partial charge in [-0.05, 0) is 18.2 Å². The minimum Gasteiger partial charge on any atom is -0.508 e. The summed E-state index contributed by atoms with van der Waals surface area (Å²) in [6.07, 6.45) is 1.26. The Kier molecular flexibility index (Phi) is 4.08. The van der Waals surface area contributed by atoms with Crippen LogP contribution in [-0.4, -0.2) is 33.4 Å². The summed E-state index contributed by atoms with van der Waals surface area (Å²) in [5, 5.41) is 37.2. The van der Waals surface area contributed by atoms with Crippen molar-refractivity contribution >= 4 is 17.9 Å². The zero-order chi connectivity index (χ0) is 13.8. The highest BCUT2D eigenvalue weighted by Gasteiger charge is 2.15. The molecular weight excluding hydrogens is 238 g/mol. The van der Waals surface area contributed by atoms with Gasteiger partial charge in [-0.1, -0.05) is 0 Å². The summed E-state index contributed by atoms with van der Waals surface area (Å²) in [5.74, 6) is -2.32. The van der Waals surface area contributed by atoms with Crippen LogP contribution >= 0.6 is 0 Å². The van der Waals surface area contributed by atoms with Crippen LogP contribution in [0.25, 0.3) is 0 Å². The summed E-state index contributed by atoms with van der Waals surface area (Å²) in [6, 6.07) is 4.20. The molecule has 0 spiro atoms. The Bertz CT molecular complexity index is 475. The number of anilines is 1. The van der Waals surface area contributed by atoms with Crippen molar-refractivity contribution in [3.8, 4) is 5.75 Å². The smallest absolute Gasteiger partial charge is 0.241 e. The van der Waals surface area contributed by atoms with Crippen molar-refractivity contribution in [3.05, 3.63) is 23.8 Å². The fourth-order valence-electron chi connectivity index (χ4n) is 1.18. The zero-order valence-corrected chi connectivity index (χ0v) is 9.70.